The Balaban J connectivity index is 1.77. The summed E-state index contributed by atoms with van der Waals surface area (Å²) >= 11 is 1.92. The maximum absolute atomic E-state index is 3.84. The van der Waals surface area contributed by atoms with Gasteiger partial charge in [-0.15, -0.1) is 11.3 Å². The molecule has 3 heteroatoms. The highest BCUT2D eigenvalue weighted by molar-refractivity contribution is 7.10. The molecule has 1 aromatic heterocycles. The van der Waals surface area contributed by atoms with E-state index in [1.54, 1.807) is 4.88 Å². The van der Waals surface area contributed by atoms with Crippen molar-refractivity contribution in [3.8, 4) is 0 Å². The summed E-state index contributed by atoms with van der Waals surface area (Å²) in [5.41, 5.74) is 0.348. The summed E-state index contributed by atoms with van der Waals surface area (Å²) in [5, 5.41) is 6.05. The van der Waals surface area contributed by atoms with Gasteiger partial charge in [0, 0.05) is 29.5 Å². The molecule has 2 aliphatic rings. The molecule has 2 heterocycles. The molecule has 1 aliphatic heterocycles. The minimum atomic E-state index is 0.348. The molecule has 2 fully saturated rings. The molecule has 2 nitrogen and oxygen atoms in total. The minimum absolute atomic E-state index is 0.348. The van der Waals surface area contributed by atoms with Crippen LogP contribution in [0.25, 0.3) is 0 Å². The fourth-order valence-electron chi connectivity index (χ4n) is 3.59. The Bertz CT molecular complexity index is 399. The number of rotatable bonds is 4. The molecular formula is C16H26N2S. The van der Waals surface area contributed by atoms with Crippen LogP contribution in [-0.2, 0) is 0 Å². The van der Waals surface area contributed by atoms with E-state index in [4.69, 9.17) is 0 Å². The number of thiophene rings is 1. The maximum Gasteiger partial charge on any atom is 0.0439 e. The quantitative estimate of drug-likeness (QED) is 0.904. The van der Waals surface area contributed by atoms with Crippen molar-refractivity contribution < 1.29 is 0 Å². The first-order valence-electron chi connectivity index (χ1n) is 7.75. The van der Waals surface area contributed by atoms with Crippen LogP contribution in [0, 0.1) is 5.92 Å². The topological polar surface area (TPSA) is 15.3 Å². The molecule has 19 heavy (non-hydrogen) atoms. The molecule has 1 saturated carbocycles. The van der Waals surface area contributed by atoms with Gasteiger partial charge in [0.15, 0.2) is 0 Å². The van der Waals surface area contributed by atoms with Gasteiger partial charge in [-0.1, -0.05) is 13.0 Å². The van der Waals surface area contributed by atoms with E-state index in [9.17, 15) is 0 Å². The second-order valence-electron chi connectivity index (χ2n) is 6.38. The lowest BCUT2D eigenvalue weighted by molar-refractivity contribution is 0.149. The highest BCUT2D eigenvalue weighted by Crippen LogP contribution is 2.42. The average molecular weight is 278 g/mol. The third-order valence-corrected chi connectivity index (χ3v) is 5.83. The highest BCUT2D eigenvalue weighted by Gasteiger charge is 2.43. The maximum atomic E-state index is 3.84. The Morgan fingerprint density at radius 2 is 2.37 bits per heavy atom. The minimum Gasteiger partial charge on any atom is -0.310 e. The normalized spacial score (nSPS) is 31.1. The summed E-state index contributed by atoms with van der Waals surface area (Å²) in [7, 11) is 0. The third-order valence-electron chi connectivity index (χ3n) is 4.86. The molecule has 0 radical (unpaired) electrons. The Morgan fingerprint density at radius 1 is 1.53 bits per heavy atom. The van der Waals surface area contributed by atoms with Crippen LogP contribution in [0.2, 0.25) is 0 Å². The first-order valence-corrected chi connectivity index (χ1v) is 8.63. The van der Waals surface area contributed by atoms with Crippen molar-refractivity contribution in [2.24, 2.45) is 5.92 Å². The highest BCUT2D eigenvalue weighted by atomic mass is 32.1. The van der Waals surface area contributed by atoms with E-state index in [0.29, 0.717) is 11.6 Å². The molecule has 2 unspecified atom stereocenters. The molecule has 1 saturated heterocycles. The Labute approximate surface area is 121 Å². The zero-order chi connectivity index (χ0) is 13.3. The summed E-state index contributed by atoms with van der Waals surface area (Å²) in [4.78, 5) is 4.28. The van der Waals surface area contributed by atoms with Gasteiger partial charge in [0.25, 0.3) is 0 Å². The second kappa shape index (κ2) is 5.55. The molecule has 106 valence electrons. The predicted molar refractivity (Wildman–Crippen MR) is 82.7 cm³/mol. The summed E-state index contributed by atoms with van der Waals surface area (Å²) < 4.78 is 0. The van der Waals surface area contributed by atoms with E-state index in [1.165, 1.54) is 45.3 Å². The zero-order valence-electron chi connectivity index (χ0n) is 12.2. The first kappa shape index (κ1) is 13.6. The SMILES string of the molecule is CCC(c1cccs1)N1CCCNC(C)(C2CC2)C1. The van der Waals surface area contributed by atoms with Crippen molar-refractivity contribution >= 4 is 11.3 Å². The van der Waals surface area contributed by atoms with Crippen molar-refractivity contribution in [3.63, 3.8) is 0 Å². The molecular weight excluding hydrogens is 252 g/mol. The number of hydrogen-bond donors (Lipinski definition) is 1. The van der Waals surface area contributed by atoms with E-state index >= 15 is 0 Å². The molecule has 3 rings (SSSR count). The lowest BCUT2D eigenvalue weighted by atomic mass is 9.94. The lowest BCUT2D eigenvalue weighted by Gasteiger charge is -2.37. The molecule has 0 amide bonds. The summed E-state index contributed by atoms with van der Waals surface area (Å²) in [6.07, 6.45) is 5.35. The second-order valence-corrected chi connectivity index (χ2v) is 7.36. The number of nitrogens with one attached hydrogen (secondary N) is 1. The Kier molecular flexibility index (Phi) is 3.97. The molecule has 0 spiro atoms. The molecule has 0 aromatic carbocycles. The van der Waals surface area contributed by atoms with Gasteiger partial charge in [-0.2, -0.15) is 0 Å². The van der Waals surface area contributed by atoms with Gasteiger partial charge >= 0.3 is 0 Å². The van der Waals surface area contributed by atoms with Crippen LogP contribution in [0.1, 0.15) is 50.4 Å². The summed E-state index contributed by atoms with van der Waals surface area (Å²) in [5.74, 6) is 0.911. The van der Waals surface area contributed by atoms with Crippen LogP contribution in [0.4, 0.5) is 0 Å². The van der Waals surface area contributed by atoms with Crippen LogP contribution in [0.5, 0.6) is 0 Å². The fourth-order valence-corrected chi connectivity index (χ4v) is 4.54. The first-order chi connectivity index (χ1) is 9.23. The van der Waals surface area contributed by atoms with Crippen LogP contribution in [-0.4, -0.2) is 30.1 Å². The average Bonchev–Trinajstić information content (AvgIpc) is 3.16. The van der Waals surface area contributed by atoms with Crippen molar-refractivity contribution in [2.45, 2.75) is 51.1 Å². The van der Waals surface area contributed by atoms with Gasteiger partial charge in [-0.05, 0) is 56.5 Å². The van der Waals surface area contributed by atoms with Crippen LogP contribution >= 0.6 is 11.3 Å². The van der Waals surface area contributed by atoms with Crippen molar-refractivity contribution in [1.82, 2.24) is 10.2 Å². The largest absolute Gasteiger partial charge is 0.310 e. The standard InChI is InChI=1S/C16H26N2S/c1-3-14(15-6-4-11-19-15)18-10-5-9-17-16(2,12-18)13-7-8-13/h4,6,11,13-14,17H,3,5,7-10,12H2,1-2H3. The predicted octanol–water partition coefficient (Wildman–Crippen LogP) is 3.66. The fraction of sp³-hybridized carbons (Fsp3) is 0.750. The van der Waals surface area contributed by atoms with Crippen molar-refractivity contribution in [1.29, 1.82) is 0 Å². The summed E-state index contributed by atoms with van der Waals surface area (Å²) in [6.45, 7) is 8.42. The number of hydrogen-bond acceptors (Lipinski definition) is 3. The van der Waals surface area contributed by atoms with Gasteiger partial charge < -0.3 is 5.32 Å². The van der Waals surface area contributed by atoms with Gasteiger partial charge in [0.2, 0.25) is 0 Å². The molecule has 0 bridgehead atoms. The van der Waals surface area contributed by atoms with E-state index in [2.05, 4.69) is 41.6 Å². The Morgan fingerprint density at radius 3 is 3.00 bits per heavy atom. The van der Waals surface area contributed by atoms with Crippen LogP contribution in [0.3, 0.4) is 0 Å². The Hall–Kier alpha value is -0.380. The van der Waals surface area contributed by atoms with E-state index in [-0.39, 0.29) is 0 Å². The number of nitrogens with zero attached hydrogens (tertiary/aromatic N) is 1. The monoisotopic (exact) mass is 278 g/mol. The van der Waals surface area contributed by atoms with Gasteiger partial charge in [0.05, 0.1) is 0 Å². The van der Waals surface area contributed by atoms with Crippen molar-refractivity contribution in [3.05, 3.63) is 22.4 Å². The molecule has 1 N–H and O–H groups in total. The summed E-state index contributed by atoms with van der Waals surface area (Å²) in [6, 6.07) is 5.13. The third kappa shape index (κ3) is 2.88. The van der Waals surface area contributed by atoms with Crippen LogP contribution < -0.4 is 5.32 Å². The zero-order valence-corrected chi connectivity index (χ0v) is 13.0. The smallest absolute Gasteiger partial charge is 0.0439 e. The van der Waals surface area contributed by atoms with Gasteiger partial charge in [-0.3, -0.25) is 4.90 Å². The van der Waals surface area contributed by atoms with E-state index in [1.807, 2.05) is 11.3 Å². The van der Waals surface area contributed by atoms with E-state index < -0.39 is 0 Å². The van der Waals surface area contributed by atoms with Crippen LogP contribution in [0.15, 0.2) is 17.5 Å². The lowest BCUT2D eigenvalue weighted by Crippen LogP contribution is -2.51. The van der Waals surface area contributed by atoms with Gasteiger partial charge in [-0.25, -0.2) is 0 Å². The molecule has 1 aliphatic carbocycles. The molecule has 2 atom stereocenters. The molecule has 1 aromatic rings. The van der Waals surface area contributed by atoms with E-state index in [0.717, 1.165) is 5.92 Å². The van der Waals surface area contributed by atoms with Gasteiger partial charge in [0.1, 0.15) is 0 Å². The van der Waals surface area contributed by atoms with Crippen molar-refractivity contribution in [2.75, 3.05) is 19.6 Å².